The molecular formula is C21H22ClN3O3. The van der Waals surface area contributed by atoms with Crippen molar-refractivity contribution in [3.63, 3.8) is 0 Å². The molecule has 0 aromatic heterocycles. The quantitative estimate of drug-likeness (QED) is 0.487. The van der Waals surface area contributed by atoms with E-state index in [1.165, 1.54) is 6.20 Å². The van der Waals surface area contributed by atoms with E-state index in [4.69, 9.17) is 21.1 Å². The summed E-state index contributed by atoms with van der Waals surface area (Å²) in [6, 6.07) is 12.4. The number of amides is 1. The molecule has 6 nitrogen and oxygen atoms in total. The zero-order valence-electron chi connectivity index (χ0n) is 16.0. The molecule has 0 aliphatic carbocycles. The lowest BCUT2D eigenvalue weighted by Gasteiger charge is -2.12. The van der Waals surface area contributed by atoms with Crippen molar-refractivity contribution in [3.05, 3.63) is 58.8 Å². The van der Waals surface area contributed by atoms with Gasteiger partial charge in [0.25, 0.3) is 5.91 Å². The molecule has 0 saturated heterocycles. The Labute approximate surface area is 169 Å². The highest BCUT2D eigenvalue weighted by Crippen LogP contribution is 2.30. The van der Waals surface area contributed by atoms with Crippen LogP contribution in [0.4, 0.5) is 11.4 Å². The second-order valence-corrected chi connectivity index (χ2v) is 6.12. The first-order chi connectivity index (χ1) is 13.5. The number of hydrogen-bond donors (Lipinski definition) is 2. The van der Waals surface area contributed by atoms with Gasteiger partial charge in [0.2, 0.25) is 0 Å². The highest BCUT2D eigenvalue weighted by molar-refractivity contribution is 6.31. The molecule has 0 radical (unpaired) electrons. The first kappa shape index (κ1) is 21.1. The SMILES string of the molecule is CCOc1ccc(N/C=C(/C#N)C(=O)Nc2cccc(Cl)c2C)cc1OCC. The molecule has 0 aliphatic rings. The van der Waals surface area contributed by atoms with Gasteiger partial charge < -0.3 is 20.1 Å². The van der Waals surface area contributed by atoms with Gasteiger partial charge in [0, 0.05) is 28.7 Å². The van der Waals surface area contributed by atoms with Crippen LogP contribution in [0.5, 0.6) is 11.5 Å². The fourth-order valence-corrected chi connectivity index (χ4v) is 2.55. The number of rotatable bonds is 8. The van der Waals surface area contributed by atoms with E-state index in [1.54, 1.807) is 43.3 Å². The topological polar surface area (TPSA) is 83.4 Å². The van der Waals surface area contributed by atoms with Gasteiger partial charge in [0.1, 0.15) is 11.6 Å². The van der Waals surface area contributed by atoms with Crippen LogP contribution < -0.4 is 20.1 Å². The molecule has 28 heavy (non-hydrogen) atoms. The molecular weight excluding hydrogens is 378 g/mol. The van der Waals surface area contributed by atoms with E-state index in [9.17, 15) is 10.1 Å². The monoisotopic (exact) mass is 399 g/mol. The van der Waals surface area contributed by atoms with E-state index in [1.807, 2.05) is 19.9 Å². The molecule has 0 atom stereocenters. The maximum Gasteiger partial charge on any atom is 0.267 e. The predicted octanol–water partition coefficient (Wildman–Crippen LogP) is 4.90. The maximum absolute atomic E-state index is 12.4. The molecule has 2 rings (SSSR count). The Morgan fingerprint density at radius 3 is 2.57 bits per heavy atom. The summed E-state index contributed by atoms with van der Waals surface area (Å²) in [5.41, 5.74) is 1.87. The van der Waals surface area contributed by atoms with Crippen LogP contribution in [0.3, 0.4) is 0 Å². The number of halogens is 1. The van der Waals surface area contributed by atoms with Gasteiger partial charge in [0.05, 0.1) is 13.2 Å². The van der Waals surface area contributed by atoms with Gasteiger partial charge in [-0.05, 0) is 50.6 Å². The molecule has 2 N–H and O–H groups in total. The molecule has 0 heterocycles. The zero-order valence-corrected chi connectivity index (χ0v) is 16.8. The second kappa shape index (κ2) is 10.2. The number of carbonyl (C=O) groups excluding carboxylic acids is 1. The number of nitrogens with zero attached hydrogens (tertiary/aromatic N) is 1. The average molecular weight is 400 g/mol. The van der Waals surface area contributed by atoms with Crippen LogP contribution >= 0.6 is 11.6 Å². The van der Waals surface area contributed by atoms with Gasteiger partial charge in [0.15, 0.2) is 11.5 Å². The first-order valence-corrected chi connectivity index (χ1v) is 9.20. The van der Waals surface area contributed by atoms with Crippen LogP contribution in [0.15, 0.2) is 48.2 Å². The fraction of sp³-hybridized carbons (Fsp3) is 0.238. The van der Waals surface area contributed by atoms with Crippen molar-refractivity contribution in [1.82, 2.24) is 0 Å². The predicted molar refractivity (Wildman–Crippen MR) is 111 cm³/mol. The number of hydrogen-bond acceptors (Lipinski definition) is 5. The third kappa shape index (κ3) is 5.41. The van der Waals surface area contributed by atoms with Gasteiger partial charge >= 0.3 is 0 Å². The Hall–Kier alpha value is -3.17. The smallest absolute Gasteiger partial charge is 0.267 e. The van der Waals surface area contributed by atoms with Crippen molar-refractivity contribution in [3.8, 4) is 17.6 Å². The van der Waals surface area contributed by atoms with Crippen LogP contribution in [-0.2, 0) is 4.79 Å². The lowest BCUT2D eigenvalue weighted by atomic mass is 10.2. The Morgan fingerprint density at radius 1 is 1.18 bits per heavy atom. The summed E-state index contributed by atoms with van der Waals surface area (Å²) < 4.78 is 11.1. The molecule has 0 saturated carbocycles. The number of nitriles is 1. The van der Waals surface area contributed by atoms with Gasteiger partial charge in [-0.3, -0.25) is 4.79 Å². The summed E-state index contributed by atoms with van der Waals surface area (Å²) >= 11 is 6.06. The number of anilines is 2. The molecule has 0 fully saturated rings. The van der Waals surface area contributed by atoms with E-state index in [0.717, 1.165) is 5.56 Å². The third-order valence-electron chi connectivity index (χ3n) is 3.81. The van der Waals surface area contributed by atoms with Crippen molar-refractivity contribution in [2.24, 2.45) is 0 Å². The minimum atomic E-state index is -0.531. The largest absolute Gasteiger partial charge is 0.490 e. The Kier molecular flexibility index (Phi) is 7.73. The van der Waals surface area contributed by atoms with Gasteiger partial charge in [-0.15, -0.1) is 0 Å². The van der Waals surface area contributed by atoms with Crippen molar-refractivity contribution < 1.29 is 14.3 Å². The summed E-state index contributed by atoms with van der Waals surface area (Å²) in [7, 11) is 0. The Balaban J connectivity index is 2.16. The molecule has 7 heteroatoms. The standard InChI is InChI=1S/C21H22ClN3O3/c1-4-27-19-10-9-16(11-20(19)28-5-2)24-13-15(12-23)21(26)25-18-8-6-7-17(22)14(18)3/h6-11,13,24H,4-5H2,1-3H3,(H,25,26)/b15-13-. The lowest BCUT2D eigenvalue weighted by molar-refractivity contribution is -0.112. The minimum absolute atomic E-state index is 0.0776. The van der Waals surface area contributed by atoms with Crippen molar-refractivity contribution in [1.29, 1.82) is 5.26 Å². The summed E-state index contributed by atoms with van der Waals surface area (Å²) in [6.07, 6.45) is 1.35. The maximum atomic E-state index is 12.4. The van der Waals surface area contributed by atoms with Crippen LogP contribution in [-0.4, -0.2) is 19.1 Å². The summed E-state index contributed by atoms with van der Waals surface area (Å²) in [5, 5.41) is 15.5. The van der Waals surface area contributed by atoms with E-state index in [-0.39, 0.29) is 5.57 Å². The van der Waals surface area contributed by atoms with Gasteiger partial charge in [-0.2, -0.15) is 5.26 Å². The van der Waals surface area contributed by atoms with Crippen molar-refractivity contribution >= 4 is 28.9 Å². The molecule has 2 aromatic rings. The molecule has 0 unspecified atom stereocenters. The van der Waals surface area contributed by atoms with E-state index in [0.29, 0.717) is 41.1 Å². The summed E-state index contributed by atoms with van der Waals surface area (Å²) in [4.78, 5) is 12.4. The molecule has 2 aromatic carbocycles. The summed E-state index contributed by atoms with van der Waals surface area (Å²) in [5.74, 6) is 0.685. The third-order valence-corrected chi connectivity index (χ3v) is 4.22. The molecule has 146 valence electrons. The first-order valence-electron chi connectivity index (χ1n) is 8.83. The Bertz CT molecular complexity index is 920. The van der Waals surface area contributed by atoms with E-state index >= 15 is 0 Å². The Morgan fingerprint density at radius 2 is 1.89 bits per heavy atom. The van der Waals surface area contributed by atoms with Gasteiger partial charge in [-0.25, -0.2) is 0 Å². The highest BCUT2D eigenvalue weighted by atomic mass is 35.5. The zero-order chi connectivity index (χ0) is 20.5. The minimum Gasteiger partial charge on any atom is -0.490 e. The van der Waals surface area contributed by atoms with Crippen LogP contribution in [0.25, 0.3) is 0 Å². The second-order valence-electron chi connectivity index (χ2n) is 5.71. The van der Waals surface area contributed by atoms with E-state index in [2.05, 4.69) is 10.6 Å². The highest BCUT2D eigenvalue weighted by Gasteiger charge is 2.12. The average Bonchev–Trinajstić information content (AvgIpc) is 2.68. The fourth-order valence-electron chi connectivity index (χ4n) is 2.38. The van der Waals surface area contributed by atoms with Crippen molar-refractivity contribution in [2.45, 2.75) is 20.8 Å². The molecule has 0 bridgehead atoms. The number of carbonyl (C=O) groups is 1. The normalized spacial score (nSPS) is 10.8. The van der Waals surface area contributed by atoms with Gasteiger partial charge in [-0.1, -0.05) is 17.7 Å². The molecule has 1 amide bonds. The molecule has 0 aliphatic heterocycles. The molecule has 0 spiro atoms. The van der Waals surface area contributed by atoms with Crippen LogP contribution in [0.1, 0.15) is 19.4 Å². The lowest BCUT2D eigenvalue weighted by Crippen LogP contribution is -2.15. The summed E-state index contributed by atoms with van der Waals surface area (Å²) in [6.45, 7) is 6.58. The number of ether oxygens (including phenoxy) is 2. The van der Waals surface area contributed by atoms with Crippen molar-refractivity contribution in [2.75, 3.05) is 23.8 Å². The van der Waals surface area contributed by atoms with Crippen LogP contribution in [0.2, 0.25) is 5.02 Å². The number of benzene rings is 2. The van der Waals surface area contributed by atoms with Crippen LogP contribution in [0, 0.1) is 18.3 Å². The van der Waals surface area contributed by atoms with E-state index < -0.39 is 5.91 Å². The number of nitrogens with one attached hydrogen (secondary N) is 2.